The lowest BCUT2D eigenvalue weighted by molar-refractivity contribution is 0.0679. The summed E-state index contributed by atoms with van der Waals surface area (Å²) in [5.41, 5.74) is 4.18. The molecule has 56 valence electrons. The second-order valence-electron chi connectivity index (χ2n) is 2.55. The Bertz CT molecular complexity index is 162. The van der Waals surface area contributed by atoms with Crippen LogP contribution in [0.3, 0.4) is 0 Å². The summed E-state index contributed by atoms with van der Waals surface area (Å²) in [4.78, 5) is 0. The average Bonchev–Trinajstić information content (AvgIpc) is 1.89. The van der Waals surface area contributed by atoms with Crippen molar-refractivity contribution < 1.29 is 5.11 Å². The molecule has 0 unspecified atom stereocenters. The lowest BCUT2D eigenvalue weighted by atomic mass is 9.94. The van der Waals surface area contributed by atoms with Crippen LogP contribution in [0.4, 0.5) is 0 Å². The molecule has 3 heteroatoms. The van der Waals surface area contributed by atoms with Gasteiger partial charge in [0.2, 0.25) is 0 Å². The predicted octanol–water partition coefficient (Wildman–Crippen LogP) is -0.980. The lowest BCUT2D eigenvalue weighted by Gasteiger charge is -2.26. The Hall–Kier alpha value is -0.720. The molecule has 1 aliphatic rings. The summed E-state index contributed by atoms with van der Waals surface area (Å²) in [6, 6.07) is 2.25. The van der Waals surface area contributed by atoms with E-state index in [-0.39, 0.29) is 0 Å². The smallest absolute Gasteiger partial charge is 0.129 e. The van der Waals surface area contributed by atoms with Crippen molar-refractivity contribution in [2.24, 2.45) is 5.73 Å². The number of piperidine rings is 1. The van der Waals surface area contributed by atoms with Gasteiger partial charge in [0.1, 0.15) is 5.60 Å². The molecule has 1 aliphatic heterocycles. The molecule has 1 fully saturated rings. The Morgan fingerprint density at radius 3 is 2.50 bits per heavy atom. The van der Waals surface area contributed by atoms with Gasteiger partial charge < -0.3 is 16.2 Å². The number of hydrogen-bond acceptors (Lipinski definition) is 3. The van der Waals surface area contributed by atoms with Crippen molar-refractivity contribution in [2.45, 2.75) is 18.4 Å². The Morgan fingerprint density at radius 2 is 2.00 bits per heavy atom. The monoisotopic (exact) mass is 140 g/mol. The molecule has 0 saturated carbocycles. The van der Waals surface area contributed by atoms with E-state index in [0.29, 0.717) is 12.8 Å². The van der Waals surface area contributed by atoms with Crippen molar-refractivity contribution in [3.63, 3.8) is 0 Å². The topological polar surface area (TPSA) is 58.3 Å². The molecule has 10 heavy (non-hydrogen) atoms. The summed E-state index contributed by atoms with van der Waals surface area (Å²) >= 11 is 0. The summed E-state index contributed by atoms with van der Waals surface area (Å²) < 4.78 is 0. The first-order chi connectivity index (χ1) is 4.77. The molecule has 1 saturated heterocycles. The summed E-state index contributed by atoms with van der Waals surface area (Å²) in [7, 11) is 0. The van der Waals surface area contributed by atoms with Crippen LogP contribution >= 0.6 is 0 Å². The van der Waals surface area contributed by atoms with E-state index >= 15 is 0 Å². The van der Waals surface area contributed by atoms with E-state index in [1.165, 1.54) is 0 Å². The standard InChI is InChI=1S/C7H12N2O/c8-4-1-7(10)2-5-9-6-3-7/h9-10H,2-3,5-6,8H2. The third-order valence-corrected chi connectivity index (χ3v) is 1.74. The number of nitrogens with two attached hydrogens (primary N) is 1. The summed E-state index contributed by atoms with van der Waals surface area (Å²) in [5, 5.41) is 12.7. The van der Waals surface area contributed by atoms with Crippen LogP contribution in [0.15, 0.2) is 0 Å². The van der Waals surface area contributed by atoms with Crippen molar-refractivity contribution in [1.82, 2.24) is 5.32 Å². The molecule has 0 amide bonds. The van der Waals surface area contributed by atoms with Crippen LogP contribution in [-0.4, -0.2) is 23.8 Å². The second kappa shape index (κ2) is 2.91. The number of rotatable bonds is 0. The van der Waals surface area contributed by atoms with Gasteiger partial charge in [-0.1, -0.05) is 0 Å². The fraction of sp³-hybridized carbons (Fsp3) is 0.714. The molecule has 1 rings (SSSR count). The number of aliphatic hydroxyl groups is 1. The van der Waals surface area contributed by atoms with E-state index < -0.39 is 5.60 Å². The van der Waals surface area contributed by atoms with Gasteiger partial charge in [-0.2, -0.15) is 0 Å². The van der Waals surface area contributed by atoms with Crippen molar-refractivity contribution >= 4 is 0 Å². The van der Waals surface area contributed by atoms with E-state index in [2.05, 4.69) is 17.3 Å². The van der Waals surface area contributed by atoms with Crippen LogP contribution < -0.4 is 11.1 Å². The zero-order valence-corrected chi connectivity index (χ0v) is 5.85. The maximum Gasteiger partial charge on any atom is 0.129 e. The van der Waals surface area contributed by atoms with E-state index in [1.54, 1.807) is 0 Å². The first-order valence-electron chi connectivity index (χ1n) is 3.43. The number of hydrogen-bond donors (Lipinski definition) is 3. The van der Waals surface area contributed by atoms with Crippen LogP contribution in [0.2, 0.25) is 0 Å². The van der Waals surface area contributed by atoms with Gasteiger partial charge in [-0.15, -0.1) is 0 Å². The van der Waals surface area contributed by atoms with Crippen molar-refractivity contribution in [3.05, 3.63) is 0 Å². The third-order valence-electron chi connectivity index (χ3n) is 1.74. The molecule has 0 radical (unpaired) electrons. The first-order valence-corrected chi connectivity index (χ1v) is 3.43. The maximum absolute atomic E-state index is 9.58. The van der Waals surface area contributed by atoms with E-state index in [0.717, 1.165) is 13.1 Å². The molecule has 0 aromatic heterocycles. The zero-order chi connectivity index (χ0) is 7.45. The zero-order valence-electron chi connectivity index (χ0n) is 5.85. The fourth-order valence-corrected chi connectivity index (χ4v) is 1.10. The quantitative estimate of drug-likeness (QED) is 0.299. The van der Waals surface area contributed by atoms with Gasteiger partial charge in [-0.05, 0) is 19.0 Å². The Labute approximate surface area is 60.6 Å². The summed E-state index contributed by atoms with van der Waals surface area (Å²) in [6.45, 7) is 1.65. The highest BCUT2D eigenvalue weighted by Crippen LogP contribution is 2.15. The van der Waals surface area contributed by atoms with Gasteiger partial charge in [0.25, 0.3) is 0 Å². The van der Waals surface area contributed by atoms with Crippen molar-refractivity contribution in [2.75, 3.05) is 13.1 Å². The highest BCUT2D eigenvalue weighted by Gasteiger charge is 2.26. The van der Waals surface area contributed by atoms with Gasteiger partial charge in [0, 0.05) is 18.9 Å². The minimum absolute atomic E-state index is 0.678. The molecule has 0 bridgehead atoms. The van der Waals surface area contributed by atoms with Gasteiger partial charge >= 0.3 is 0 Å². The second-order valence-corrected chi connectivity index (χ2v) is 2.55. The van der Waals surface area contributed by atoms with Gasteiger partial charge in [-0.25, -0.2) is 0 Å². The molecule has 0 aromatic carbocycles. The maximum atomic E-state index is 9.58. The molecular weight excluding hydrogens is 128 g/mol. The summed E-state index contributed by atoms with van der Waals surface area (Å²) in [6.07, 6.45) is 1.36. The Kier molecular flexibility index (Phi) is 2.15. The third kappa shape index (κ3) is 1.63. The van der Waals surface area contributed by atoms with Crippen molar-refractivity contribution in [3.8, 4) is 12.0 Å². The largest absolute Gasteiger partial charge is 0.377 e. The molecule has 3 nitrogen and oxygen atoms in total. The normalized spacial score (nSPS) is 22.9. The molecule has 0 aromatic rings. The van der Waals surface area contributed by atoms with Crippen LogP contribution in [0.5, 0.6) is 0 Å². The molecule has 0 aliphatic carbocycles. The Morgan fingerprint density at radius 1 is 1.40 bits per heavy atom. The molecule has 0 atom stereocenters. The van der Waals surface area contributed by atoms with E-state index in [1.807, 2.05) is 0 Å². The Balaban J connectivity index is 2.53. The van der Waals surface area contributed by atoms with Crippen molar-refractivity contribution in [1.29, 1.82) is 0 Å². The van der Waals surface area contributed by atoms with Gasteiger partial charge in [0.05, 0.1) is 0 Å². The molecule has 1 heterocycles. The average molecular weight is 140 g/mol. The van der Waals surface area contributed by atoms with Crippen LogP contribution in [0, 0.1) is 12.0 Å². The molecule has 4 N–H and O–H groups in total. The van der Waals surface area contributed by atoms with Crippen LogP contribution in [0.1, 0.15) is 12.8 Å². The molecule has 0 spiro atoms. The lowest BCUT2D eigenvalue weighted by Crippen LogP contribution is -2.40. The minimum Gasteiger partial charge on any atom is -0.377 e. The predicted molar refractivity (Wildman–Crippen MR) is 39.0 cm³/mol. The fourth-order valence-electron chi connectivity index (χ4n) is 1.10. The van der Waals surface area contributed by atoms with E-state index in [9.17, 15) is 5.11 Å². The number of nitrogens with one attached hydrogen (secondary N) is 1. The highest BCUT2D eigenvalue weighted by molar-refractivity contribution is 5.12. The van der Waals surface area contributed by atoms with Crippen LogP contribution in [0.25, 0.3) is 0 Å². The van der Waals surface area contributed by atoms with Gasteiger partial charge in [-0.3, -0.25) is 0 Å². The van der Waals surface area contributed by atoms with E-state index in [4.69, 9.17) is 5.73 Å². The highest BCUT2D eigenvalue weighted by atomic mass is 16.3. The van der Waals surface area contributed by atoms with Crippen LogP contribution in [-0.2, 0) is 0 Å². The SMILES string of the molecule is NC#CC1(O)CCNCC1. The first kappa shape index (κ1) is 7.39. The molecular formula is C7H12N2O. The summed E-state index contributed by atoms with van der Waals surface area (Å²) in [5.74, 6) is 2.60. The van der Waals surface area contributed by atoms with Gasteiger partial charge in [0.15, 0.2) is 0 Å². The minimum atomic E-state index is -0.819.